The molecule has 1 atom stereocenters. The Labute approximate surface area is 135 Å². The summed E-state index contributed by atoms with van der Waals surface area (Å²) in [4.78, 5) is 23.1. The molecule has 0 spiro atoms. The van der Waals surface area contributed by atoms with E-state index in [4.69, 9.17) is 14.6 Å². The number of fused-ring (bicyclic) bond motifs is 1. The smallest absolute Gasteiger partial charge is 0.306 e. The lowest BCUT2D eigenvalue weighted by atomic mass is 10.0. The molecule has 0 saturated carbocycles. The van der Waals surface area contributed by atoms with Crippen LogP contribution in [0.2, 0.25) is 0 Å². The van der Waals surface area contributed by atoms with Crippen LogP contribution in [-0.4, -0.2) is 35.9 Å². The quantitative estimate of drug-likeness (QED) is 0.593. The number of halogens is 1. The van der Waals surface area contributed by atoms with Crippen LogP contribution in [0.25, 0.3) is 10.1 Å². The molecule has 1 aromatic carbocycles. The van der Waals surface area contributed by atoms with Gasteiger partial charge in [-0.3, -0.25) is 9.59 Å². The molecule has 2 aromatic rings. The number of hydrogen-bond acceptors (Lipinski definition) is 6. The van der Waals surface area contributed by atoms with Crippen molar-refractivity contribution in [3.05, 3.63) is 22.8 Å². The van der Waals surface area contributed by atoms with E-state index < -0.39 is 23.5 Å². The fourth-order valence-corrected chi connectivity index (χ4v) is 2.98. The molecule has 0 aliphatic rings. The molecule has 2 N–H and O–H groups in total. The van der Waals surface area contributed by atoms with Crippen LogP contribution in [0.4, 0.5) is 4.39 Å². The topological polar surface area (TPSA) is 93.1 Å². The summed E-state index contributed by atoms with van der Waals surface area (Å²) in [5, 5.41) is 18.7. The number of hydrogen-bond donors (Lipinski definition) is 2. The van der Waals surface area contributed by atoms with Gasteiger partial charge in [0.05, 0.1) is 10.8 Å². The third-order valence-electron chi connectivity index (χ3n) is 3.22. The number of phenols is 1. The first-order chi connectivity index (χ1) is 10.8. The van der Waals surface area contributed by atoms with E-state index in [1.165, 1.54) is 26.2 Å². The van der Waals surface area contributed by atoms with E-state index >= 15 is 0 Å². The molecule has 124 valence electrons. The van der Waals surface area contributed by atoms with Crippen LogP contribution in [0.1, 0.15) is 23.0 Å². The van der Waals surface area contributed by atoms with E-state index in [0.717, 1.165) is 11.3 Å². The fraction of sp³-hybridized carbons (Fsp3) is 0.333. The van der Waals surface area contributed by atoms with E-state index in [9.17, 15) is 19.1 Å². The van der Waals surface area contributed by atoms with Crippen LogP contribution in [0.5, 0.6) is 11.5 Å². The molecule has 1 heterocycles. The van der Waals surface area contributed by atoms with Gasteiger partial charge in [-0.05, 0) is 6.07 Å². The average molecular weight is 342 g/mol. The van der Waals surface area contributed by atoms with E-state index in [0.29, 0.717) is 4.70 Å². The predicted molar refractivity (Wildman–Crippen MR) is 81.7 cm³/mol. The second-order valence-electron chi connectivity index (χ2n) is 4.98. The van der Waals surface area contributed by atoms with Gasteiger partial charge in [0.15, 0.2) is 29.9 Å². The molecule has 1 aromatic heterocycles. The number of rotatable bonds is 7. The molecule has 0 saturated heterocycles. The molecule has 23 heavy (non-hydrogen) atoms. The Hall–Kier alpha value is -2.19. The molecular weight excluding hydrogens is 327 g/mol. The summed E-state index contributed by atoms with van der Waals surface area (Å²) < 4.78 is 24.4. The summed E-state index contributed by atoms with van der Waals surface area (Å²) >= 11 is 1.02. The monoisotopic (exact) mass is 342 g/mol. The first-order valence-electron chi connectivity index (χ1n) is 6.67. The van der Waals surface area contributed by atoms with Crippen molar-refractivity contribution in [2.24, 2.45) is 5.92 Å². The molecule has 1 unspecified atom stereocenters. The maximum Gasteiger partial charge on any atom is 0.306 e. The second kappa shape index (κ2) is 6.93. The third kappa shape index (κ3) is 3.59. The van der Waals surface area contributed by atoms with Crippen LogP contribution in [0.3, 0.4) is 0 Å². The molecule has 8 heteroatoms. The number of Topliss-reactive ketones (excluding diaryl/α,β-unsaturated/α-hetero) is 1. The summed E-state index contributed by atoms with van der Waals surface area (Å²) in [6.45, 7) is 1.27. The van der Waals surface area contributed by atoms with Gasteiger partial charge in [0.1, 0.15) is 0 Å². The van der Waals surface area contributed by atoms with Crippen molar-refractivity contribution in [1.29, 1.82) is 0 Å². The Kier molecular flexibility index (Phi) is 5.17. The number of carbonyl (C=O) groups is 2. The number of carboxylic acid groups (broad SMARTS) is 1. The van der Waals surface area contributed by atoms with Crippen molar-refractivity contribution in [3.8, 4) is 11.5 Å². The first-order valence-corrected chi connectivity index (χ1v) is 7.49. The van der Waals surface area contributed by atoms with Crippen molar-refractivity contribution >= 4 is 33.2 Å². The van der Waals surface area contributed by atoms with Crippen molar-refractivity contribution < 1.29 is 33.7 Å². The number of thiophene rings is 1. The number of aliphatic carboxylic acids is 1. The highest BCUT2D eigenvalue weighted by atomic mass is 32.1. The van der Waals surface area contributed by atoms with Crippen LogP contribution in [0.15, 0.2) is 12.1 Å². The largest absolute Gasteiger partial charge is 0.502 e. The molecule has 0 aliphatic heterocycles. The molecule has 0 bridgehead atoms. The molecule has 0 radical (unpaired) electrons. The van der Waals surface area contributed by atoms with Gasteiger partial charge in [0.2, 0.25) is 0 Å². The van der Waals surface area contributed by atoms with E-state index in [-0.39, 0.29) is 35.0 Å². The minimum Gasteiger partial charge on any atom is -0.502 e. The van der Waals surface area contributed by atoms with E-state index in [1.807, 2.05) is 0 Å². The van der Waals surface area contributed by atoms with Crippen molar-refractivity contribution in [2.45, 2.75) is 13.3 Å². The van der Waals surface area contributed by atoms with Crippen molar-refractivity contribution in [2.75, 3.05) is 13.9 Å². The first kappa shape index (κ1) is 17.2. The number of carboxylic acids is 1. The zero-order valence-corrected chi connectivity index (χ0v) is 13.3. The lowest BCUT2D eigenvalue weighted by molar-refractivity contribution is -0.141. The van der Waals surface area contributed by atoms with Crippen LogP contribution in [-0.2, 0) is 9.53 Å². The van der Waals surface area contributed by atoms with Gasteiger partial charge >= 0.3 is 5.97 Å². The lowest BCUT2D eigenvalue weighted by Gasteiger charge is -2.07. The predicted octanol–water partition coefficient (Wildman–Crippen LogP) is 3.02. The molecule has 0 amide bonds. The van der Waals surface area contributed by atoms with Gasteiger partial charge in [-0.15, -0.1) is 11.3 Å². The van der Waals surface area contributed by atoms with Gasteiger partial charge in [-0.25, -0.2) is 4.39 Å². The number of aromatic hydroxyl groups is 1. The Morgan fingerprint density at radius 1 is 1.39 bits per heavy atom. The SMILES string of the molecule is COCOc1cc2sc(C(=O)CC(C)C(=O)O)cc2c(F)c1O. The Morgan fingerprint density at radius 2 is 2.09 bits per heavy atom. The van der Waals surface area contributed by atoms with Gasteiger partial charge in [0.25, 0.3) is 0 Å². The van der Waals surface area contributed by atoms with Gasteiger partial charge in [-0.2, -0.15) is 0 Å². The van der Waals surface area contributed by atoms with E-state index in [2.05, 4.69) is 0 Å². The lowest BCUT2D eigenvalue weighted by Crippen LogP contribution is -2.13. The highest BCUT2D eigenvalue weighted by Crippen LogP contribution is 2.39. The average Bonchev–Trinajstić information content (AvgIpc) is 2.93. The highest BCUT2D eigenvalue weighted by Gasteiger charge is 2.21. The third-order valence-corrected chi connectivity index (χ3v) is 4.34. The zero-order chi connectivity index (χ0) is 17.1. The maximum atomic E-state index is 14.2. The fourth-order valence-electron chi connectivity index (χ4n) is 1.94. The molecule has 2 rings (SSSR count). The number of ether oxygens (including phenoxy) is 2. The normalized spacial score (nSPS) is 12.3. The number of carbonyl (C=O) groups excluding carboxylic acids is 1. The van der Waals surface area contributed by atoms with Gasteiger partial charge < -0.3 is 19.7 Å². The Balaban J connectivity index is 2.36. The maximum absolute atomic E-state index is 14.2. The standard InChI is InChI=1S/C15H15FO6S/c1-7(15(19)20)3-9(17)12-4-8-11(23-12)5-10(22-6-21-2)14(18)13(8)16/h4-5,7,18H,3,6H2,1-2H3,(H,19,20). The number of benzene rings is 1. The Bertz CT molecular complexity index is 754. The molecule has 0 fully saturated rings. The minimum absolute atomic E-state index is 0.0865. The Morgan fingerprint density at radius 3 is 2.70 bits per heavy atom. The number of phenolic OH excluding ortho intramolecular Hbond substituents is 1. The zero-order valence-electron chi connectivity index (χ0n) is 12.5. The molecule has 0 aliphatic carbocycles. The highest BCUT2D eigenvalue weighted by molar-refractivity contribution is 7.20. The van der Waals surface area contributed by atoms with Crippen molar-refractivity contribution in [3.63, 3.8) is 0 Å². The van der Waals surface area contributed by atoms with Gasteiger partial charge in [-0.1, -0.05) is 6.92 Å². The van der Waals surface area contributed by atoms with Crippen molar-refractivity contribution in [1.82, 2.24) is 0 Å². The summed E-state index contributed by atoms with van der Waals surface area (Å²) in [7, 11) is 1.39. The van der Waals surface area contributed by atoms with Gasteiger partial charge in [0, 0.05) is 29.7 Å². The minimum atomic E-state index is -1.07. The molecule has 6 nitrogen and oxygen atoms in total. The number of ketones is 1. The summed E-state index contributed by atoms with van der Waals surface area (Å²) in [6, 6.07) is 2.72. The molecular formula is C15H15FO6S. The summed E-state index contributed by atoms with van der Waals surface area (Å²) in [6.07, 6.45) is -0.178. The van der Waals surface area contributed by atoms with E-state index in [1.54, 1.807) is 0 Å². The summed E-state index contributed by atoms with van der Waals surface area (Å²) in [5.74, 6) is -3.93. The van der Waals surface area contributed by atoms with Crippen LogP contribution in [0, 0.1) is 11.7 Å². The van der Waals surface area contributed by atoms with Crippen LogP contribution >= 0.6 is 11.3 Å². The number of methoxy groups -OCH3 is 1. The van der Waals surface area contributed by atoms with Crippen LogP contribution < -0.4 is 4.74 Å². The second-order valence-corrected chi connectivity index (χ2v) is 6.06. The summed E-state index contributed by atoms with van der Waals surface area (Å²) in [5.41, 5.74) is 0.